The maximum Gasteiger partial charge on any atom is 0.310 e. The molecule has 0 saturated carbocycles. The van der Waals surface area contributed by atoms with Crippen LogP contribution in [0.4, 0.5) is 11.4 Å². The molecule has 0 heterocycles. The Balaban J connectivity index is 2.02. The smallest absolute Gasteiger partial charge is 0.310 e. The van der Waals surface area contributed by atoms with Gasteiger partial charge in [-0.15, -0.1) is 0 Å². The van der Waals surface area contributed by atoms with Crippen molar-refractivity contribution in [3.63, 3.8) is 0 Å². The first kappa shape index (κ1) is 22.0. The van der Waals surface area contributed by atoms with Crippen molar-refractivity contribution in [1.82, 2.24) is 0 Å². The van der Waals surface area contributed by atoms with E-state index in [0.717, 1.165) is 5.56 Å². The molecule has 0 spiro atoms. The van der Waals surface area contributed by atoms with Gasteiger partial charge in [0.15, 0.2) is 12.4 Å². The van der Waals surface area contributed by atoms with Crippen LogP contribution in [0.25, 0.3) is 0 Å². The number of carbonyl (C=O) groups excluding carboxylic acids is 1. The third kappa shape index (κ3) is 4.72. The van der Waals surface area contributed by atoms with Crippen molar-refractivity contribution in [2.24, 2.45) is 0 Å². The predicted molar refractivity (Wildman–Crippen MR) is 116 cm³/mol. The molecule has 0 N–H and O–H groups in total. The molecule has 0 saturated heterocycles. The fourth-order valence-corrected chi connectivity index (χ4v) is 4.45. The molecule has 0 fully saturated rings. The second kappa shape index (κ2) is 8.97. The highest BCUT2D eigenvalue weighted by atomic mass is 32.2. The minimum Gasteiger partial charge on any atom is -0.477 e. The van der Waals surface area contributed by atoms with Gasteiger partial charge < -0.3 is 4.74 Å². The van der Waals surface area contributed by atoms with E-state index in [1.165, 1.54) is 36.4 Å². The van der Waals surface area contributed by atoms with E-state index in [0.29, 0.717) is 9.87 Å². The summed E-state index contributed by atoms with van der Waals surface area (Å²) in [6, 6.07) is 18.3. The molecule has 0 aliphatic rings. The van der Waals surface area contributed by atoms with Gasteiger partial charge in [-0.2, -0.15) is 4.31 Å². The zero-order chi connectivity index (χ0) is 22.6. The van der Waals surface area contributed by atoms with Crippen molar-refractivity contribution >= 4 is 27.3 Å². The van der Waals surface area contributed by atoms with Crippen molar-refractivity contribution in [1.29, 1.82) is 0 Å². The Labute approximate surface area is 179 Å². The van der Waals surface area contributed by atoms with Crippen molar-refractivity contribution in [3.05, 3.63) is 94.0 Å². The minimum atomic E-state index is -4.25. The molecule has 3 aromatic carbocycles. The topological polar surface area (TPSA) is 107 Å². The number of hydrogen-bond donors (Lipinski definition) is 0. The summed E-state index contributed by atoms with van der Waals surface area (Å²) in [7, 11) is -4.25. The maximum absolute atomic E-state index is 13.4. The molecule has 0 aromatic heterocycles. The molecule has 3 aromatic rings. The van der Waals surface area contributed by atoms with Crippen LogP contribution in [-0.4, -0.2) is 25.9 Å². The van der Waals surface area contributed by atoms with Crippen LogP contribution in [0.5, 0.6) is 5.75 Å². The van der Waals surface area contributed by atoms with Gasteiger partial charge in [0.1, 0.15) is 0 Å². The van der Waals surface area contributed by atoms with Crippen LogP contribution in [0.2, 0.25) is 0 Å². The fraction of sp³-hybridized carbons (Fsp3) is 0.136. The molecule has 0 aliphatic carbocycles. The maximum atomic E-state index is 13.4. The highest BCUT2D eigenvalue weighted by Gasteiger charge is 2.32. The molecule has 8 nitrogen and oxygen atoms in total. The number of amides is 1. The average molecular weight is 440 g/mol. The number of nitro groups is 1. The SMILES string of the molecule is Cc1ccc(C)c(N(C(=O)COc2ccccc2[N+](=O)[O-])S(=O)(=O)c2ccccc2)c1. The molecule has 160 valence electrons. The van der Waals surface area contributed by atoms with E-state index in [9.17, 15) is 23.3 Å². The molecule has 0 unspecified atom stereocenters. The summed E-state index contributed by atoms with van der Waals surface area (Å²) in [6.45, 7) is 2.77. The van der Waals surface area contributed by atoms with E-state index in [4.69, 9.17) is 4.74 Å². The van der Waals surface area contributed by atoms with E-state index in [2.05, 4.69) is 0 Å². The van der Waals surface area contributed by atoms with Gasteiger partial charge in [-0.05, 0) is 49.2 Å². The van der Waals surface area contributed by atoms with Gasteiger partial charge in [-0.25, -0.2) is 8.42 Å². The van der Waals surface area contributed by atoms with Crippen LogP contribution in [0.15, 0.2) is 77.7 Å². The van der Waals surface area contributed by atoms with Crippen LogP contribution in [-0.2, 0) is 14.8 Å². The number of aryl methyl sites for hydroxylation is 2. The normalized spacial score (nSPS) is 11.0. The first-order valence-electron chi connectivity index (χ1n) is 9.28. The predicted octanol–water partition coefficient (Wildman–Crippen LogP) is 4.01. The highest BCUT2D eigenvalue weighted by molar-refractivity contribution is 7.93. The Morgan fingerprint density at radius 3 is 2.32 bits per heavy atom. The summed E-state index contributed by atoms with van der Waals surface area (Å²) >= 11 is 0. The number of nitro benzene ring substituents is 1. The highest BCUT2D eigenvalue weighted by Crippen LogP contribution is 2.30. The third-order valence-corrected chi connectivity index (χ3v) is 6.25. The molecule has 0 aliphatic heterocycles. The largest absolute Gasteiger partial charge is 0.477 e. The van der Waals surface area contributed by atoms with Crippen LogP contribution < -0.4 is 9.04 Å². The average Bonchev–Trinajstić information content (AvgIpc) is 2.75. The number of para-hydroxylation sites is 2. The molecular weight excluding hydrogens is 420 g/mol. The number of carbonyl (C=O) groups is 1. The van der Waals surface area contributed by atoms with Crippen molar-refractivity contribution in [3.8, 4) is 5.75 Å². The van der Waals surface area contributed by atoms with Gasteiger partial charge in [0.25, 0.3) is 15.9 Å². The van der Waals surface area contributed by atoms with E-state index in [1.807, 2.05) is 0 Å². The first-order chi connectivity index (χ1) is 14.7. The Morgan fingerprint density at radius 1 is 1.00 bits per heavy atom. The van der Waals surface area contributed by atoms with Crippen LogP contribution in [0.1, 0.15) is 11.1 Å². The lowest BCUT2D eigenvalue weighted by Crippen LogP contribution is -2.40. The third-order valence-electron chi connectivity index (χ3n) is 4.50. The van der Waals surface area contributed by atoms with Crippen molar-refractivity contribution < 1.29 is 22.9 Å². The lowest BCUT2D eigenvalue weighted by atomic mass is 10.1. The van der Waals surface area contributed by atoms with E-state index < -0.39 is 27.5 Å². The number of rotatable bonds is 7. The first-order valence-corrected chi connectivity index (χ1v) is 10.7. The van der Waals surface area contributed by atoms with Gasteiger partial charge in [0, 0.05) is 6.07 Å². The van der Waals surface area contributed by atoms with Crippen molar-refractivity contribution in [2.45, 2.75) is 18.7 Å². The number of sulfonamides is 1. The van der Waals surface area contributed by atoms with Crippen molar-refractivity contribution in [2.75, 3.05) is 10.9 Å². The van der Waals surface area contributed by atoms with E-state index in [-0.39, 0.29) is 22.0 Å². The summed E-state index contributed by atoms with van der Waals surface area (Å²) in [4.78, 5) is 23.6. The van der Waals surface area contributed by atoms with Crippen LogP contribution >= 0.6 is 0 Å². The molecule has 31 heavy (non-hydrogen) atoms. The number of hydrogen-bond acceptors (Lipinski definition) is 6. The summed E-state index contributed by atoms with van der Waals surface area (Å²) in [5.74, 6) is -1.01. The summed E-state index contributed by atoms with van der Waals surface area (Å²) in [6.07, 6.45) is 0. The molecule has 0 bridgehead atoms. The standard InChI is InChI=1S/C22H20N2O6S/c1-16-12-13-17(2)20(14-16)23(31(28,29)18-8-4-3-5-9-18)22(25)15-30-21-11-7-6-10-19(21)24(26)27/h3-14H,15H2,1-2H3. The van der Waals surface area contributed by atoms with Gasteiger partial charge in [-0.1, -0.05) is 42.5 Å². The summed E-state index contributed by atoms with van der Waals surface area (Å²) < 4.78 is 32.8. The lowest BCUT2D eigenvalue weighted by Gasteiger charge is -2.24. The summed E-state index contributed by atoms with van der Waals surface area (Å²) in [5.41, 5.74) is 1.21. The lowest BCUT2D eigenvalue weighted by molar-refractivity contribution is -0.385. The quantitative estimate of drug-likeness (QED) is 0.406. The van der Waals surface area contributed by atoms with E-state index >= 15 is 0 Å². The number of anilines is 1. The minimum absolute atomic E-state index is 0.0602. The Morgan fingerprint density at radius 2 is 1.65 bits per heavy atom. The molecule has 9 heteroatoms. The second-order valence-corrected chi connectivity index (χ2v) is 8.57. The summed E-state index contributed by atoms with van der Waals surface area (Å²) in [5, 5.41) is 11.2. The van der Waals surface area contributed by atoms with Gasteiger partial charge in [0.2, 0.25) is 0 Å². The van der Waals surface area contributed by atoms with Crippen LogP contribution in [0.3, 0.4) is 0 Å². The Bertz CT molecular complexity index is 1230. The molecule has 3 rings (SSSR count). The molecule has 0 atom stereocenters. The van der Waals surface area contributed by atoms with Gasteiger partial charge in [0.05, 0.1) is 15.5 Å². The number of ether oxygens (including phenoxy) is 1. The second-order valence-electron chi connectivity index (χ2n) is 6.78. The van der Waals surface area contributed by atoms with E-state index in [1.54, 1.807) is 50.2 Å². The fourth-order valence-electron chi connectivity index (χ4n) is 2.96. The Kier molecular flexibility index (Phi) is 6.36. The molecular formula is C22H20N2O6S. The van der Waals surface area contributed by atoms with Gasteiger partial charge >= 0.3 is 5.69 Å². The molecule has 0 radical (unpaired) electrons. The zero-order valence-corrected chi connectivity index (χ0v) is 17.7. The Hall–Kier alpha value is -3.72. The monoisotopic (exact) mass is 440 g/mol. The number of nitrogens with zero attached hydrogens (tertiary/aromatic N) is 2. The molecule has 1 amide bonds. The van der Waals surface area contributed by atoms with Crippen LogP contribution in [0, 0.1) is 24.0 Å². The van der Waals surface area contributed by atoms with Gasteiger partial charge in [-0.3, -0.25) is 14.9 Å². The zero-order valence-electron chi connectivity index (χ0n) is 16.9. The number of benzene rings is 3.